The molecule has 4 amide bonds. The molecule has 2 atom stereocenters. The number of amides is 4. The number of piperazine rings is 2. The van der Waals surface area contributed by atoms with Gasteiger partial charge in [0.2, 0.25) is 31.9 Å². The van der Waals surface area contributed by atoms with Crippen LogP contribution >= 0.6 is 0 Å². The number of amidine groups is 1. The van der Waals surface area contributed by atoms with Gasteiger partial charge in [0.25, 0.3) is 0 Å². The van der Waals surface area contributed by atoms with E-state index in [9.17, 15) is 41.3 Å². The molecule has 20 nitrogen and oxygen atoms in total. The van der Waals surface area contributed by atoms with Crippen molar-refractivity contribution in [2.75, 3.05) is 65.6 Å². The first-order valence-electron chi connectivity index (χ1n) is 29.9. The summed E-state index contributed by atoms with van der Waals surface area (Å²) in [4.78, 5) is 59.1. The van der Waals surface area contributed by atoms with Crippen LogP contribution in [0.15, 0.2) is 87.7 Å². The number of oxime groups is 1. The van der Waals surface area contributed by atoms with Gasteiger partial charge in [0, 0.05) is 57.9 Å². The number of carbonyl (C=O) groups excluding carboxylic acids is 4. The zero-order valence-electron chi connectivity index (χ0n) is 52.6. The molecule has 0 radical (unpaired) electrons. The third-order valence-electron chi connectivity index (χ3n) is 15.4. The van der Waals surface area contributed by atoms with E-state index in [-0.39, 0.29) is 122 Å². The average molecular weight is 1230 g/mol. The monoisotopic (exact) mass is 1230 g/mol. The number of rotatable bonds is 21. The largest absolute Gasteiger partial charge is 0.450 e. The standard InChI is InChI=1S/C32H47N5O6S.C32H44N4O5S/c1-8-43-32(39)37-14-12-36(13-15-37)31(38)28(17-23-10-9-11-24(16-23)30(33)34-40)35-44(41,42)29-26(21(4)5)18-25(20(2)3)19-27(29)22(6)7;1-8-41-32(38)36-14-12-35(13-15-36)31(37)29(17-24-10-9-11-25(16-24)20-33)34-42(39,40)30-27(22(4)5)18-26(21(2)3)19-28(30)23(6)7/h9-11,16,18-22,28,35,40H,8,12-15,17H2,1-7H3,(H2,33,34);9-11,16,18-19,21-23,29,34H,8,12-15,17H2,1-7H3/t28-;29-/m00/s1. The van der Waals surface area contributed by atoms with Crippen LogP contribution in [0.1, 0.15) is 188 Å². The lowest BCUT2D eigenvalue weighted by Crippen LogP contribution is -2.56. The molecular formula is C64H91N9O11S2. The summed E-state index contributed by atoms with van der Waals surface area (Å²) in [6.07, 6.45) is -0.767. The Morgan fingerprint density at radius 2 is 0.884 bits per heavy atom. The van der Waals surface area contributed by atoms with E-state index >= 15 is 0 Å². The van der Waals surface area contributed by atoms with Gasteiger partial charge in [-0.15, -0.1) is 0 Å². The first-order chi connectivity index (χ1) is 40.5. The van der Waals surface area contributed by atoms with Crippen LogP contribution in [-0.2, 0) is 52.0 Å². The molecule has 5 N–H and O–H groups in total. The summed E-state index contributed by atoms with van der Waals surface area (Å²) in [5.74, 6) is -0.739. The second kappa shape index (κ2) is 31.0. The summed E-state index contributed by atoms with van der Waals surface area (Å²) in [6, 6.07) is 21.3. The fourth-order valence-corrected chi connectivity index (χ4v) is 14.3. The maximum Gasteiger partial charge on any atom is 0.409 e. The fourth-order valence-electron chi connectivity index (χ4n) is 10.5. The van der Waals surface area contributed by atoms with E-state index < -0.39 is 50.2 Å². The Morgan fingerprint density at radius 3 is 1.20 bits per heavy atom. The van der Waals surface area contributed by atoms with Crippen molar-refractivity contribution >= 4 is 49.9 Å². The number of nitriles is 1. The lowest BCUT2D eigenvalue weighted by Gasteiger charge is -2.36. The smallest absolute Gasteiger partial charge is 0.409 e. The lowest BCUT2D eigenvalue weighted by atomic mass is 9.89. The Balaban J connectivity index is 0.000000314. The molecule has 0 bridgehead atoms. The summed E-state index contributed by atoms with van der Waals surface area (Å²) >= 11 is 0. The molecule has 0 aliphatic carbocycles. The van der Waals surface area contributed by atoms with Crippen LogP contribution in [0, 0.1) is 11.3 Å². The molecular weight excluding hydrogens is 1130 g/mol. The summed E-state index contributed by atoms with van der Waals surface area (Å²) in [5, 5.41) is 21.6. The van der Waals surface area contributed by atoms with E-state index in [1.165, 1.54) is 4.90 Å². The van der Waals surface area contributed by atoms with Gasteiger partial charge in [-0.25, -0.2) is 26.4 Å². The third-order valence-corrected chi connectivity index (χ3v) is 18.6. The Kier molecular flexibility index (Phi) is 25.2. The van der Waals surface area contributed by atoms with Gasteiger partial charge in [0.05, 0.1) is 34.6 Å². The number of nitrogens with two attached hydrogens (primary N) is 1. The number of nitrogens with one attached hydrogen (secondary N) is 2. The quantitative estimate of drug-likeness (QED) is 0.0262. The van der Waals surface area contributed by atoms with E-state index in [0.717, 1.165) is 22.3 Å². The summed E-state index contributed by atoms with van der Waals surface area (Å²) in [6.45, 7) is 30.2. The fraction of sp³-hybridized carbons (Fsp3) is 0.531. The number of nitrogens with zero attached hydrogens (tertiary/aromatic N) is 6. The predicted octanol–water partition coefficient (Wildman–Crippen LogP) is 9.46. The lowest BCUT2D eigenvalue weighted by molar-refractivity contribution is -0.135. The molecule has 2 aliphatic heterocycles. The Hall–Kier alpha value is -7.06. The van der Waals surface area contributed by atoms with Crippen LogP contribution in [0.25, 0.3) is 0 Å². The first-order valence-corrected chi connectivity index (χ1v) is 32.8. The minimum absolute atomic E-state index is 0.0286. The molecule has 4 aromatic rings. The van der Waals surface area contributed by atoms with Crippen molar-refractivity contribution in [3.8, 4) is 6.07 Å². The molecule has 4 aromatic carbocycles. The number of benzene rings is 4. The highest BCUT2D eigenvalue weighted by Gasteiger charge is 2.38. The molecule has 0 unspecified atom stereocenters. The van der Waals surface area contributed by atoms with Crippen LogP contribution in [0.3, 0.4) is 0 Å². The van der Waals surface area contributed by atoms with Gasteiger partial charge < -0.3 is 40.0 Å². The van der Waals surface area contributed by atoms with Gasteiger partial charge in [-0.3, -0.25) is 9.59 Å². The van der Waals surface area contributed by atoms with Crippen molar-refractivity contribution in [2.24, 2.45) is 10.9 Å². The number of hydrogen-bond acceptors (Lipinski definition) is 13. The zero-order chi connectivity index (χ0) is 64.0. The van der Waals surface area contributed by atoms with Gasteiger partial charge >= 0.3 is 12.2 Å². The van der Waals surface area contributed by atoms with Gasteiger partial charge in [-0.05, 0) is 125 Å². The van der Waals surface area contributed by atoms with E-state index in [1.807, 2.05) is 79.7 Å². The highest BCUT2D eigenvalue weighted by Crippen LogP contribution is 2.37. The van der Waals surface area contributed by atoms with Crippen molar-refractivity contribution in [1.29, 1.82) is 5.26 Å². The second-order valence-electron chi connectivity index (χ2n) is 23.8. The Morgan fingerprint density at radius 1 is 0.547 bits per heavy atom. The van der Waals surface area contributed by atoms with Crippen molar-refractivity contribution in [3.05, 3.63) is 128 Å². The van der Waals surface area contributed by atoms with Crippen molar-refractivity contribution in [3.63, 3.8) is 0 Å². The number of carbonyl (C=O) groups is 4. The van der Waals surface area contributed by atoms with E-state index in [4.69, 9.17) is 20.4 Å². The Labute approximate surface area is 510 Å². The van der Waals surface area contributed by atoms with Crippen molar-refractivity contribution < 1.29 is 50.7 Å². The van der Waals surface area contributed by atoms with Crippen LogP contribution in [0.4, 0.5) is 9.59 Å². The van der Waals surface area contributed by atoms with Gasteiger partial charge in [-0.1, -0.05) is 143 Å². The SMILES string of the molecule is CCOC(=O)N1CCN(C(=O)[C@H](Cc2cccc(C#N)c2)NS(=O)(=O)c2c(C(C)C)cc(C(C)C)cc2C(C)C)CC1.CCOC(=O)N1CCN(C(=O)[C@H](Cc2cccc(C(N)=NO)c2)NS(=O)(=O)c2c(C(C)C)cc(C(C)C)cc2C(C)C)CC1. The molecule has 0 saturated carbocycles. The number of ether oxygens (including phenoxy) is 2. The van der Waals surface area contributed by atoms with Crippen LogP contribution < -0.4 is 15.2 Å². The highest BCUT2D eigenvalue weighted by molar-refractivity contribution is 7.90. The van der Waals surface area contributed by atoms with Crippen LogP contribution in [0.5, 0.6) is 0 Å². The van der Waals surface area contributed by atoms with Crippen molar-refractivity contribution in [2.45, 2.75) is 167 Å². The molecule has 470 valence electrons. The van der Waals surface area contributed by atoms with Gasteiger partial charge in [0.15, 0.2) is 5.84 Å². The molecule has 2 aliphatic rings. The van der Waals surface area contributed by atoms with E-state index in [1.54, 1.807) is 77.1 Å². The Bertz CT molecular complexity index is 3260. The molecule has 2 saturated heterocycles. The number of hydrogen-bond donors (Lipinski definition) is 4. The molecule has 0 aromatic heterocycles. The molecule has 22 heteroatoms. The highest BCUT2D eigenvalue weighted by atomic mass is 32.2. The maximum absolute atomic E-state index is 14.4. The summed E-state index contributed by atoms with van der Waals surface area (Å²) in [5.41, 5.74) is 12.9. The summed E-state index contributed by atoms with van der Waals surface area (Å²) < 4.78 is 73.0. The number of sulfonamides is 2. The normalized spacial score (nSPS) is 15.0. The molecule has 2 fully saturated rings. The topological polar surface area (TPSA) is 274 Å². The summed E-state index contributed by atoms with van der Waals surface area (Å²) in [7, 11) is -8.34. The maximum atomic E-state index is 14.4. The molecule has 86 heavy (non-hydrogen) atoms. The van der Waals surface area contributed by atoms with E-state index in [0.29, 0.717) is 46.5 Å². The van der Waals surface area contributed by atoms with Crippen LogP contribution in [0.2, 0.25) is 0 Å². The minimum Gasteiger partial charge on any atom is -0.450 e. The van der Waals surface area contributed by atoms with Gasteiger partial charge in [0.1, 0.15) is 12.1 Å². The third kappa shape index (κ3) is 18.0. The average Bonchev–Trinajstić information content (AvgIpc) is 0.990. The molecule has 6 rings (SSSR count). The first kappa shape index (κ1) is 69.7. The molecule has 2 heterocycles. The van der Waals surface area contributed by atoms with Crippen LogP contribution in [-0.4, -0.2) is 149 Å². The minimum atomic E-state index is -4.19. The molecule has 0 spiro atoms. The van der Waals surface area contributed by atoms with Crippen molar-refractivity contribution in [1.82, 2.24) is 29.0 Å². The second-order valence-corrected chi connectivity index (χ2v) is 27.1. The van der Waals surface area contributed by atoms with Gasteiger partial charge in [-0.2, -0.15) is 14.7 Å². The zero-order valence-corrected chi connectivity index (χ0v) is 54.3. The predicted molar refractivity (Wildman–Crippen MR) is 334 cm³/mol. The van der Waals surface area contributed by atoms with E-state index in [2.05, 4.69) is 48.4 Å².